The van der Waals surface area contributed by atoms with E-state index in [2.05, 4.69) is 0 Å². The van der Waals surface area contributed by atoms with Crippen molar-refractivity contribution in [1.82, 2.24) is 0 Å². The van der Waals surface area contributed by atoms with Crippen LogP contribution in [-0.4, -0.2) is 25.1 Å². The third-order valence-corrected chi connectivity index (χ3v) is 3.74. The first-order valence-corrected chi connectivity index (χ1v) is 6.43. The maximum Gasteiger partial charge on any atom is 0.313 e. The summed E-state index contributed by atoms with van der Waals surface area (Å²) in [5.74, 6) is -1.27. The maximum atomic E-state index is 12.5. The van der Waals surface area contributed by atoms with Crippen LogP contribution in [-0.2, 0) is 20.2 Å². The monoisotopic (exact) mass is 262 g/mol. The summed E-state index contributed by atoms with van der Waals surface area (Å²) in [6, 6.07) is 7.31. The summed E-state index contributed by atoms with van der Waals surface area (Å²) in [6.07, 6.45) is -0.929. The van der Waals surface area contributed by atoms with Crippen LogP contribution in [0.3, 0.4) is 0 Å². The Morgan fingerprint density at radius 3 is 2.53 bits per heavy atom. The van der Waals surface area contributed by atoms with E-state index >= 15 is 0 Å². The van der Waals surface area contributed by atoms with Gasteiger partial charge in [-0.1, -0.05) is 45.0 Å². The number of carbonyl (C=O) groups excluding carboxylic acids is 1. The minimum atomic E-state index is -1.24. The van der Waals surface area contributed by atoms with Gasteiger partial charge in [0.1, 0.15) is 6.10 Å². The summed E-state index contributed by atoms with van der Waals surface area (Å²) >= 11 is 0. The minimum Gasteiger partial charge on any atom is -0.327 e. The summed E-state index contributed by atoms with van der Waals surface area (Å²) in [6.45, 7) is 6.09. The zero-order valence-electron chi connectivity index (χ0n) is 11.6. The molecule has 2 heterocycles. The van der Waals surface area contributed by atoms with Gasteiger partial charge in [-0.05, 0) is 5.41 Å². The maximum absolute atomic E-state index is 12.5. The molecule has 2 aliphatic heterocycles. The van der Waals surface area contributed by atoms with Gasteiger partial charge in [-0.2, -0.15) is 0 Å². The Labute approximate surface area is 112 Å². The molecular weight excluding hydrogens is 244 g/mol. The lowest BCUT2D eigenvalue weighted by molar-refractivity contribution is -0.346. The smallest absolute Gasteiger partial charge is 0.313 e. The molecule has 1 aromatic rings. The van der Waals surface area contributed by atoms with Crippen LogP contribution in [0.15, 0.2) is 24.3 Å². The molecule has 0 amide bonds. The van der Waals surface area contributed by atoms with E-state index in [1.54, 1.807) is 6.07 Å². The summed E-state index contributed by atoms with van der Waals surface area (Å²) in [5.41, 5.74) is 1.08. The number of fused-ring (bicyclic) bond motifs is 4. The summed E-state index contributed by atoms with van der Waals surface area (Å²) in [7, 11) is 1.54. The van der Waals surface area contributed by atoms with Crippen molar-refractivity contribution in [3.8, 4) is 0 Å². The van der Waals surface area contributed by atoms with Crippen molar-refractivity contribution in [3.05, 3.63) is 35.4 Å². The normalized spacial score (nSPS) is 33.4. The zero-order valence-corrected chi connectivity index (χ0v) is 11.6. The third kappa shape index (κ3) is 1.67. The van der Waals surface area contributed by atoms with Crippen LogP contribution in [0.25, 0.3) is 0 Å². The van der Waals surface area contributed by atoms with Gasteiger partial charge < -0.3 is 14.2 Å². The summed E-state index contributed by atoms with van der Waals surface area (Å²) < 4.78 is 17.3. The molecule has 0 N–H and O–H groups in total. The molecule has 102 valence electrons. The standard InChI is InChI=1S/C15H18O4/c1-14(2,3)13-12-11(16)9-7-5-6-8-10(9)15(17-4,18-12)19-13/h5-8,12-13H,1-4H3/t12-,13+,15+/m0/s1. The van der Waals surface area contributed by atoms with Crippen LogP contribution in [0.5, 0.6) is 0 Å². The molecule has 0 aliphatic carbocycles. The number of carbonyl (C=O) groups is 1. The Morgan fingerprint density at radius 1 is 1.21 bits per heavy atom. The van der Waals surface area contributed by atoms with E-state index in [9.17, 15) is 4.79 Å². The van der Waals surface area contributed by atoms with Crippen LogP contribution in [0.1, 0.15) is 36.7 Å². The number of ketones is 1. The van der Waals surface area contributed by atoms with E-state index in [-0.39, 0.29) is 17.3 Å². The Balaban J connectivity index is 2.16. The first-order chi connectivity index (χ1) is 8.89. The fourth-order valence-corrected chi connectivity index (χ4v) is 2.76. The van der Waals surface area contributed by atoms with Gasteiger partial charge in [0.25, 0.3) is 0 Å². The second-order valence-electron chi connectivity index (χ2n) is 6.11. The average Bonchev–Trinajstić information content (AvgIpc) is 2.75. The first-order valence-electron chi connectivity index (χ1n) is 6.43. The van der Waals surface area contributed by atoms with Crippen molar-refractivity contribution in [2.45, 2.75) is 39.0 Å². The highest BCUT2D eigenvalue weighted by Gasteiger charge is 2.60. The lowest BCUT2D eigenvalue weighted by Gasteiger charge is -2.30. The number of hydrogen-bond donors (Lipinski definition) is 0. The fraction of sp³-hybridized carbons (Fsp3) is 0.533. The molecule has 0 unspecified atom stereocenters. The van der Waals surface area contributed by atoms with E-state index in [1.165, 1.54) is 7.11 Å². The van der Waals surface area contributed by atoms with Crippen LogP contribution < -0.4 is 0 Å². The predicted octanol–water partition coefficient (Wildman–Crippen LogP) is 2.47. The Morgan fingerprint density at radius 2 is 1.89 bits per heavy atom. The Bertz CT molecular complexity index is 531. The molecule has 0 saturated carbocycles. The molecule has 3 rings (SSSR count). The predicted molar refractivity (Wildman–Crippen MR) is 68.7 cm³/mol. The molecule has 0 aromatic heterocycles. The zero-order chi connectivity index (χ0) is 13.8. The van der Waals surface area contributed by atoms with Crippen LogP contribution >= 0.6 is 0 Å². The van der Waals surface area contributed by atoms with Crippen molar-refractivity contribution in [1.29, 1.82) is 0 Å². The summed E-state index contributed by atoms with van der Waals surface area (Å²) in [5, 5.41) is 0. The molecule has 1 saturated heterocycles. The Kier molecular flexibility index (Phi) is 2.61. The van der Waals surface area contributed by atoms with E-state index in [0.717, 1.165) is 0 Å². The van der Waals surface area contributed by atoms with Gasteiger partial charge in [-0.25, -0.2) is 0 Å². The van der Waals surface area contributed by atoms with Crippen molar-refractivity contribution in [3.63, 3.8) is 0 Å². The summed E-state index contributed by atoms with van der Waals surface area (Å²) in [4.78, 5) is 12.5. The average molecular weight is 262 g/mol. The third-order valence-electron chi connectivity index (χ3n) is 3.74. The van der Waals surface area contributed by atoms with Gasteiger partial charge in [0, 0.05) is 12.7 Å². The molecule has 2 aliphatic rings. The SMILES string of the molecule is CO[C@@]12O[C@@H](C(C)(C)C)[C@@H](O1)C(=O)c1ccccc12. The van der Waals surface area contributed by atoms with E-state index in [1.807, 2.05) is 39.0 Å². The number of methoxy groups -OCH3 is 1. The molecular formula is C15H18O4. The number of benzene rings is 1. The molecule has 4 nitrogen and oxygen atoms in total. The highest BCUT2D eigenvalue weighted by atomic mass is 16.9. The van der Waals surface area contributed by atoms with Gasteiger partial charge in [-0.3, -0.25) is 4.79 Å². The minimum absolute atomic E-state index is 0.0271. The van der Waals surface area contributed by atoms with Gasteiger partial charge in [0.05, 0.1) is 5.56 Å². The molecule has 0 spiro atoms. The fourth-order valence-electron chi connectivity index (χ4n) is 2.76. The van der Waals surface area contributed by atoms with Crippen molar-refractivity contribution in [2.24, 2.45) is 5.41 Å². The van der Waals surface area contributed by atoms with Crippen molar-refractivity contribution in [2.75, 3.05) is 7.11 Å². The first kappa shape index (κ1) is 12.8. The Hall–Kier alpha value is -1.23. The van der Waals surface area contributed by atoms with Crippen LogP contribution in [0.2, 0.25) is 0 Å². The second kappa shape index (κ2) is 3.88. The molecule has 1 aromatic carbocycles. The quantitative estimate of drug-likeness (QED) is 0.780. The van der Waals surface area contributed by atoms with Gasteiger partial charge >= 0.3 is 5.97 Å². The van der Waals surface area contributed by atoms with E-state index in [0.29, 0.717) is 11.1 Å². The highest BCUT2D eigenvalue weighted by molar-refractivity contribution is 6.02. The lowest BCUT2D eigenvalue weighted by atomic mass is 9.83. The molecule has 1 fully saturated rings. The molecule has 19 heavy (non-hydrogen) atoms. The van der Waals surface area contributed by atoms with Crippen molar-refractivity contribution >= 4 is 5.78 Å². The van der Waals surface area contributed by atoms with Gasteiger partial charge in [0.15, 0.2) is 11.9 Å². The number of hydrogen-bond acceptors (Lipinski definition) is 4. The number of ether oxygens (including phenoxy) is 3. The molecule has 3 atom stereocenters. The van der Waals surface area contributed by atoms with E-state index in [4.69, 9.17) is 14.2 Å². The topological polar surface area (TPSA) is 44.8 Å². The second-order valence-corrected chi connectivity index (χ2v) is 6.11. The molecule has 4 heteroatoms. The highest BCUT2D eigenvalue weighted by Crippen LogP contribution is 2.49. The number of rotatable bonds is 1. The lowest BCUT2D eigenvalue weighted by Crippen LogP contribution is -2.42. The van der Waals surface area contributed by atoms with Crippen LogP contribution in [0.4, 0.5) is 0 Å². The molecule has 2 bridgehead atoms. The van der Waals surface area contributed by atoms with Gasteiger partial charge in [0.2, 0.25) is 0 Å². The molecule has 0 radical (unpaired) electrons. The largest absolute Gasteiger partial charge is 0.327 e. The number of Topliss-reactive ketones (excluding diaryl/α,β-unsaturated/α-hetero) is 1. The van der Waals surface area contributed by atoms with Crippen molar-refractivity contribution < 1.29 is 19.0 Å². The van der Waals surface area contributed by atoms with Crippen LogP contribution in [0, 0.1) is 5.41 Å². The van der Waals surface area contributed by atoms with Gasteiger partial charge in [-0.15, -0.1) is 0 Å². The van der Waals surface area contributed by atoms with E-state index < -0.39 is 12.1 Å².